The van der Waals surface area contributed by atoms with E-state index in [2.05, 4.69) is 12.2 Å². The number of amides is 1. The lowest BCUT2D eigenvalue weighted by Gasteiger charge is -2.18. The van der Waals surface area contributed by atoms with E-state index in [1.165, 1.54) is 24.5 Å². The summed E-state index contributed by atoms with van der Waals surface area (Å²) in [6.07, 6.45) is 4.07. The number of anilines is 1. The normalized spacial score (nSPS) is 14.7. The lowest BCUT2D eigenvalue weighted by Crippen LogP contribution is -2.17. The van der Waals surface area contributed by atoms with Gasteiger partial charge in [-0.2, -0.15) is 5.26 Å². The SMILES string of the molecule is CCOC(=O)c1c(NC(=O)/C(C#N)=C/c2ccc(OCc3ccccc3)c(OC)c2)sc2c1CCC(C)C2. The number of nitriles is 1. The van der Waals surface area contributed by atoms with Crippen LogP contribution in [0, 0.1) is 17.2 Å². The Morgan fingerprint density at radius 1 is 1.18 bits per heavy atom. The Morgan fingerprint density at radius 3 is 2.68 bits per heavy atom. The van der Waals surface area contributed by atoms with Crippen molar-refractivity contribution in [1.82, 2.24) is 0 Å². The Labute approximate surface area is 226 Å². The van der Waals surface area contributed by atoms with Gasteiger partial charge in [-0.25, -0.2) is 4.79 Å². The molecule has 7 nitrogen and oxygen atoms in total. The Kier molecular flexibility index (Phi) is 8.82. The van der Waals surface area contributed by atoms with E-state index < -0.39 is 11.9 Å². The first-order valence-corrected chi connectivity index (χ1v) is 13.3. The number of esters is 1. The molecule has 0 radical (unpaired) electrons. The van der Waals surface area contributed by atoms with Gasteiger partial charge in [-0.15, -0.1) is 11.3 Å². The van der Waals surface area contributed by atoms with E-state index in [4.69, 9.17) is 14.2 Å². The molecule has 3 aromatic rings. The van der Waals surface area contributed by atoms with Crippen molar-refractivity contribution in [3.63, 3.8) is 0 Å². The van der Waals surface area contributed by atoms with Gasteiger partial charge in [0, 0.05) is 4.88 Å². The lowest BCUT2D eigenvalue weighted by atomic mass is 9.88. The van der Waals surface area contributed by atoms with Crippen molar-refractivity contribution < 1.29 is 23.8 Å². The number of hydrogen-bond acceptors (Lipinski definition) is 7. The highest BCUT2D eigenvalue weighted by Gasteiger charge is 2.29. The molecule has 1 amide bonds. The molecular formula is C30H30N2O5S. The Balaban J connectivity index is 1.55. The minimum absolute atomic E-state index is 0.0976. The number of fused-ring (bicyclic) bond motifs is 1. The summed E-state index contributed by atoms with van der Waals surface area (Å²) < 4.78 is 16.7. The van der Waals surface area contributed by atoms with Crippen molar-refractivity contribution in [2.45, 2.75) is 39.7 Å². The van der Waals surface area contributed by atoms with Crippen molar-refractivity contribution in [3.05, 3.63) is 81.2 Å². The smallest absolute Gasteiger partial charge is 0.341 e. The average molecular weight is 531 g/mol. The summed E-state index contributed by atoms with van der Waals surface area (Å²) in [6, 6.07) is 17.0. The topological polar surface area (TPSA) is 97.7 Å². The fourth-order valence-electron chi connectivity index (χ4n) is 4.37. The molecule has 1 heterocycles. The van der Waals surface area contributed by atoms with E-state index in [0.717, 1.165) is 35.3 Å². The van der Waals surface area contributed by atoms with E-state index in [9.17, 15) is 14.9 Å². The largest absolute Gasteiger partial charge is 0.493 e. The summed E-state index contributed by atoms with van der Waals surface area (Å²) in [4.78, 5) is 27.0. The van der Waals surface area contributed by atoms with Crippen molar-refractivity contribution in [2.75, 3.05) is 19.0 Å². The molecule has 2 aromatic carbocycles. The van der Waals surface area contributed by atoms with Crippen molar-refractivity contribution in [1.29, 1.82) is 5.26 Å². The molecule has 0 spiro atoms. The molecule has 0 fully saturated rings. The van der Waals surface area contributed by atoms with E-state index in [-0.39, 0.29) is 12.2 Å². The zero-order valence-corrected chi connectivity index (χ0v) is 22.5. The van der Waals surface area contributed by atoms with Crippen molar-refractivity contribution in [2.24, 2.45) is 5.92 Å². The van der Waals surface area contributed by atoms with Crippen LogP contribution < -0.4 is 14.8 Å². The highest BCUT2D eigenvalue weighted by molar-refractivity contribution is 7.17. The predicted molar refractivity (Wildman–Crippen MR) is 147 cm³/mol. The molecule has 196 valence electrons. The number of carbonyl (C=O) groups is 2. The quantitative estimate of drug-likeness (QED) is 0.201. The van der Waals surface area contributed by atoms with Crippen LogP contribution >= 0.6 is 11.3 Å². The van der Waals surface area contributed by atoms with Gasteiger partial charge in [0.25, 0.3) is 5.91 Å². The van der Waals surface area contributed by atoms with Gasteiger partial charge in [0.2, 0.25) is 0 Å². The molecule has 0 aliphatic heterocycles. The number of benzene rings is 2. The van der Waals surface area contributed by atoms with Crippen molar-refractivity contribution in [3.8, 4) is 17.6 Å². The maximum atomic E-state index is 13.1. The summed E-state index contributed by atoms with van der Waals surface area (Å²) >= 11 is 1.39. The number of nitrogens with one attached hydrogen (secondary N) is 1. The zero-order valence-electron chi connectivity index (χ0n) is 21.7. The van der Waals surface area contributed by atoms with Crippen LogP contribution in [0.3, 0.4) is 0 Å². The molecule has 38 heavy (non-hydrogen) atoms. The van der Waals surface area contributed by atoms with Gasteiger partial charge in [-0.1, -0.05) is 43.3 Å². The molecule has 1 atom stereocenters. The van der Waals surface area contributed by atoms with Crippen LogP contribution in [-0.4, -0.2) is 25.6 Å². The highest BCUT2D eigenvalue weighted by atomic mass is 32.1. The van der Waals surface area contributed by atoms with Gasteiger partial charge in [0.1, 0.15) is 23.3 Å². The van der Waals surface area contributed by atoms with Gasteiger partial charge in [0.15, 0.2) is 11.5 Å². The molecule has 0 bridgehead atoms. The monoisotopic (exact) mass is 530 g/mol. The summed E-state index contributed by atoms with van der Waals surface area (Å²) in [5, 5.41) is 13.0. The number of thiophene rings is 1. The number of methoxy groups -OCH3 is 1. The second-order valence-electron chi connectivity index (χ2n) is 9.08. The van der Waals surface area contributed by atoms with Gasteiger partial charge in [0.05, 0.1) is 19.3 Å². The zero-order chi connectivity index (χ0) is 27.1. The molecular weight excluding hydrogens is 500 g/mol. The second-order valence-corrected chi connectivity index (χ2v) is 10.2. The maximum absolute atomic E-state index is 13.1. The third-order valence-electron chi connectivity index (χ3n) is 6.32. The number of carbonyl (C=O) groups excluding carboxylic acids is 2. The molecule has 4 rings (SSSR count). The number of ether oxygens (including phenoxy) is 3. The van der Waals surface area contributed by atoms with E-state index >= 15 is 0 Å². The van der Waals surface area contributed by atoms with Gasteiger partial charge in [-0.05, 0) is 67.0 Å². The van der Waals surface area contributed by atoms with Gasteiger partial charge in [-0.3, -0.25) is 4.79 Å². The first-order chi connectivity index (χ1) is 18.4. The predicted octanol–water partition coefficient (Wildman–Crippen LogP) is 6.18. The van der Waals surface area contributed by atoms with E-state index in [1.54, 1.807) is 25.1 Å². The van der Waals surface area contributed by atoms with Crippen LogP contribution in [0.2, 0.25) is 0 Å². The van der Waals surface area contributed by atoms with Crippen LogP contribution in [0.4, 0.5) is 5.00 Å². The minimum atomic E-state index is -0.590. The minimum Gasteiger partial charge on any atom is -0.493 e. The summed E-state index contributed by atoms with van der Waals surface area (Å²) in [5.74, 6) is 0.496. The molecule has 1 aromatic heterocycles. The fourth-order valence-corrected chi connectivity index (χ4v) is 5.77. The van der Waals surface area contributed by atoms with Crippen molar-refractivity contribution >= 4 is 34.3 Å². The standard InChI is InChI=1S/C30H30N2O5S/c1-4-36-30(34)27-23-12-10-19(2)14-26(23)38-29(27)32-28(33)22(17-31)15-21-11-13-24(25(16-21)35-3)37-18-20-8-6-5-7-9-20/h5-9,11,13,15-16,19H,4,10,12,14,18H2,1-3H3,(H,32,33)/b22-15+. The average Bonchev–Trinajstić information content (AvgIpc) is 3.28. The molecule has 1 N–H and O–H groups in total. The van der Waals surface area contributed by atoms with E-state index in [1.807, 2.05) is 36.4 Å². The van der Waals surface area contributed by atoms with Crippen LogP contribution in [0.15, 0.2) is 54.1 Å². The first-order valence-electron chi connectivity index (χ1n) is 12.5. The van der Waals surface area contributed by atoms with Crippen LogP contribution in [0.1, 0.15) is 52.2 Å². The summed E-state index contributed by atoms with van der Waals surface area (Å²) in [7, 11) is 1.53. The maximum Gasteiger partial charge on any atom is 0.341 e. The number of rotatable bonds is 9. The van der Waals surface area contributed by atoms with E-state index in [0.29, 0.717) is 40.2 Å². The van der Waals surface area contributed by atoms with Crippen LogP contribution in [-0.2, 0) is 29.0 Å². The molecule has 1 aliphatic carbocycles. The Bertz CT molecular complexity index is 1390. The third-order valence-corrected chi connectivity index (χ3v) is 7.49. The van der Waals surface area contributed by atoms with Gasteiger partial charge < -0.3 is 19.5 Å². The molecule has 0 saturated heterocycles. The molecule has 0 saturated carbocycles. The number of nitrogens with zero attached hydrogens (tertiary/aromatic N) is 1. The third kappa shape index (κ3) is 6.24. The fraction of sp³-hybridized carbons (Fsp3) is 0.300. The van der Waals surface area contributed by atoms with Crippen LogP contribution in [0.5, 0.6) is 11.5 Å². The second kappa shape index (κ2) is 12.4. The molecule has 1 unspecified atom stereocenters. The van der Waals surface area contributed by atoms with Crippen LogP contribution in [0.25, 0.3) is 6.08 Å². The summed E-state index contributed by atoms with van der Waals surface area (Å²) in [5.41, 5.74) is 2.88. The Hall–Kier alpha value is -4.09. The number of hydrogen-bond donors (Lipinski definition) is 1. The molecule has 8 heteroatoms. The molecule has 1 aliphatic rings. The lowest BCUT2D eigenvalue weighted by molar-refractivity contribution is -0.112. The first kappa shape index (κ1) is 27.0. The highest BCUT2D eigenvalue weighted by Crippen LogP contribution is 2.40. The van der Waals surface area contributed by atoms with Gasteiger partial charge >= 0.3 is 5.97 Å². The Morgan fingerprint density at radius 2 is 1.97 bits per heavy atom. The summed E-state index contributed by atoms with van der Waals surface area (Å²) in [6.45, 7) is 4.54.